The second-order valence-corrected chi connectivity index (χ2v) is 7.53. The summed E-state index contributed by atoms with van der Waals surface area (Å²) in [5, 5.41) is 7.10. The van der Waals surface area contributed by atoms with Gasteiger partial charge in [0.15, 0.2) is 6.61 Å². The lowest BCUT2D eigenvalue weighted by atomic mass is 9.87. The molecular weight excluding hydrogens is 338 g/mol. The summed E-state index contributed by atoms with van der Waals surface area (Å²) in [5.74, 6) is 0.479. The van der Waals surface area contributed by atoms with Crippen molar-refractivity contribution in [2.24, 2.45) is 0 Å². The number of aromatic nitrogens is 2. The molecule has 0 saturated carbocycles. The van der Waals surface area contributed by atoms with E-state index in [-0.39, 0.29) is 17.9 Å². The number of hydrogen-bond acceptors (Lipinski definition) is 3. The lowest BCUT2D eigenvalue weighted by molar-refractivity contribution is -0.118. The van der Waals surface area contributed by atoms with Crippen LogP contribution in [0.4, 0.5) is 5.69 Å². The number of ether oxygens (including phenoxy) is 1. The fourth-order valence-electron chi connectivity index (χ4n) is 2.68. The van der Waals surface area contributed by atoms with Crippen molar-refractivity contribution in [1.82, 2.24) is 9.78 Å². The molecule has 0 unspecified atom stereocenters. The molecule has 3 aromatic rings. The van der Waals surface area contributed by atoms with E-state index in [1.54, 1.807) is 10.9 Å². The molecule has 0 aliphatic carbocycles. The van der Waals surface area contributed by atoms with Gasteiger partial charge in [0.05, 0.1) is 18.4 Å². The van der Waals surface area contributed by atoms with Crippen LogP contribution < -0.4 is 10.1 Å². The number of amides is 1. The van der Waals surface area contributed by atoms with E-state index < -0.39 is 0 Å². The Hall–Kier alpha value is -3.08. The van der Waals surface area contributed by atoms with Crippen LogP contribution in [0.5, 0.6) is 5.75 Å². The Kier molecular flexibility index (Phi) is 5.60. The summed E-state index contributed by atoms with van der Waals surface area (Å²) in [6, 6.07) is 17.9. The summed E-state index contributed by atoms with van der Waals surface area (Å²) >= 11 is 0. The zero-order valence-electron chi connectivity index (χ0n) is 16.0. The van der Waals surface area contributed by atoms with Gasteiger partial charge >= 0.3 is 0 Å². The summed E-state index contributed by atoms with van der Waals surface area (Å²) in [6.07, 6.45) is 3.45. The summed E-state index contributed by atoms with van der Waals surface area (Å²) in [5.41, 5.74) is 3.01. The van der Waals surface area contributed by atoms with Crippen molar-refractivity contribution in [3.05, 3.63) is 78.1 Å². The first-order valence-corrected chi connectivity index (χ1v) is 9.00. The smallest absolute Gasteiger partial charge is 0.262 e. The highest BCUT2D eigenvalue weighted by atomic mass is 16.5. The molecule has 0 fully saturated rings. The topological polar surface area (TPSA) is 56.1 Å². The minimum atomic E-state index is -0.213. The first kappa shape index (κ1) is 18.7. The fourth-order valence-corrected chi connectivity index (χ4v) is 2.68. The number of hydrogen-bond donors (Lipinski definition) is 1. The van der Waals surface area contributed by atoms with Crippen LogP contribution in [-0.4, -0.2) is 22.3 Å². The van der Waals surface area contributed by atoms with E-state index in [2.05, 4.69) is 37.3 Å². The average Bonchev–Trinajstić information content (AvgIpc) is 3.07. The highest BCUT2D eigenvalue weighted by Crippen LogP contribution is 2.25. The normalized spacial score (nSPS) is 11.2. The van der Waals surface area contributed by atoms with Gasteiger partial charge in [-0.2, -0.15) is 5.10 Å². The molecule has 5 nitrogen and oxygen atoms in total. The van der Waals surface area contributed by atoms with Gasteiger partial charge in [-0.3, -0.25) is 9.48 Å². The minimum Gasteiger partial charge on any atom is -0.484 e. The minimum absolute atomic E-state index is 0.0367. The van der Waals surface area contributed by atoms with Gasteiger partial charge in [-0.25, -0.2) is 0 Å². The van der Waals surface area contributed by atoms with E-state index in [0.29, 0.717) is 18.0 Å². The summed E-state index contributed by atoms with van der Waals surface area (Å²) in [6.45, 7) is 7.05. The van der Waals surface area contributed by atoms with Crippen molar-refractivity contribution in [3.63, 3.8) is 0 Å². The summed E-state index contributed by atoms with van der Waals surface area (Å²) in [7, 11) is 0. The summed E-state index contributed by atoms with van der Waals surface area (Å²) in [4.78, 5) is 12.2. The van der Waals surface area contributed by atoms with E-state index in [1.165, 1.54) is 5.56 Å². The standard InChI is InChI=1S/C22H25N3O2/c1-22(2,3)18-10-7-11-20(12-18)27-16-21(26)24-19-13-23-25(15-19)14-17-8-5-4-6-9-17/h4-13,15H,14,16H2,1-3H3,(H,24,26). The Balaban J connectivity index is 1.53. The molecule has 2 aromatic carbocycles. The van der Waals surface area contributed by atoms with E-state index in [0.717, 1.165) is 5.56 Å². The highest BCUT2D eigenvalue weighted by molar-refractivity contribution is 5.91. The zero-order chi connectivity index (χ0) is 19.3. The Morgan fingerprint density at radius 2 is 1.89 bits per heavy atom. The Morgan fingerprint density at radius 3 is 2.63 bits per heavy atom. The van der Waals surface area contributed by atoms with Gasteiger partial charge in [-0.05, 0) is 28.7 Å². The quantitative estimate of drug-likeness (QED) is 0.712. The fraction of sp³-hybridized carbons (Fsp3) is 0.273. The number of carbonyl (C=O) groups is 1. The third-order valence-corrected chi connectivity index (χ3v) is 4.17. The molecular formula is C22H25N3O2. The molecule has 0 radical (unpaired) electrons. The number of carbonyl (C=O) groups excluding carboxylic acids is 1. The molecule has 5 heteroatoms. The van der Waals surface area contributed by atoms with E-state index in [1.807, 2.05) is 54.7 Å². The second kappa shape index (κ2) is 8.08. The Morgan fingerprint density at radius 1 is 1.11 bits per heavy atom. The van der Waals surface area contributed by atoms with Crippen LogP contribution in [0.1, 0.15) is 31.9 Å². The average molecular weight is 363 g/mol. The van der Waals surface area contributed by atoms with Gasteiger partial charge in [0.1, 0.15) is 5.75 Å². The predicted octanol–water partition coefficient (Wildman–Crippen LogP) is 4.25. The molecule has 1 N–H and O–H groups in total. The number of nitrogens with one attached hydrogen (secondary N) is 1. The third kappa shape index (κ3) is 5.45. The van der Waals surface area contributed by atoms with Crippen LogP contribution in [0.15, 0.2) is 67.0 Å². The van der Waals surface area contributed by atoms with Crippen LogP contribution in [-0.2, 0) is 16.8 Å². The van der Waals surface area contributed by atoms with Crippen molar-refractivity contribution in [1.29, 1.82) is 0 Å². The predicted molar refractivity (Wildman–Crippen MR) is 107 cm³/mol. The number of nitrogens with zero attached hydrogens (tertiary/aromatic N) is 2. The maximum atomic E-state index is 12.2. The molecule has 1 aromatic heterocycles. The number of anilines is 1. The maximum Gasteiger partial charge on any atom is 0.262 e. The van der Waals surface area contributed by atoms with Gasteiger partial charge in [-0.15, -0.1) is 0 Å². The van der Waals surface area contributed by atoms with E-state index >= 15 is 0 Å². The van der Waals surface area contributed by atoms with E-state index in [4.69, 9.17) is 4.74 Å². The summed E-state index contributed by atoms with van der Waals surface area (Å²) < 4.78 is 7.43. The van der Waals surface area contributed by atoms with Crippen molar-refractivity contribution < 1.29 is 9.53 Å². The van der Waals surface area contributed by atoms with Crippen LogP contribution in [0.25, 0.3) is 0 Å². The largest absolute Gasteiger partial charge is 0.484 e. The van der Waals surface area contributed by atoms with Crippen molar-refractivity contribution in [3.8, 4) is 5.75 Å². The highest BCUT2D eigenvalue weighted by Gasteiger charge is 2.14. The Labute approximate surface area is 160 Å². The van der Waals surface area contributed by atoms with Crippen molar-refractivity contribution in [2.75, 3.05) is 11.9 Å². The van der Waals surface area contributed by atoms with Gasteiger partial charge in [0.2, 0.25) is 0 Å². The van der Waals surface area contributed by atoms with Gasteiger partial charge in [0, 0.05) is 6.20 Å². The Bertz CT molecular complexity index is 895. The monoisotopic (exact) mass is 363 g/mol. The zero-order valence-corrected chi connectivity index (χ0v) is 16.0. The molecule has 27 heavy (non-hydrogen) atoms. The molecule has 0 atom stereocenters. The maximum absolute atomic E-state index is 12.2. The molecule has 0 bridgehead atoms. The van der Waals surface area contributed by atoms with Crippen LogP contribution in [0.3, 0.4) is 0 Å². The van der Waals surface area contributed by atoms with Gasteiger partial charge in [-0.1, -0.05) is 63.2 Å². The van der Waals surface area contributed by atoms with Crippen LogP contribution in [0, 0.1) is 0 Å². The lowest BCUT2D eigenvalue weighted by Crippen LogP contribution is -2.20. The van der Waals surface area contributed by atoms with Gasteiger partial charge in [0.25, 0.3) is 5.91 Å². The number of benzene rings is 2. The first-order chi connectivity index (χ1) is 12.9. The first-order valence-electron chi connectivity index (χ1n) is 9.00. The molecule has 1 heterocycles. The second-order valence-electron chi connectivity index (χ2n) is 7.53. The molecule has 0 saturated heterocycles. The van der Waals surface area contributed by atoms with Crippen LogP contribution >= 0.6 is 0 Å². The third-order valence-electron chi connectivity index (χ3n) is 4.17. The molecule has 140 valence electrons. The molecule has 0 spiro atoms. The van der Waals surface area contributed by atoms with Gasteiger partial charge < -0.3 is 10.1 Å². The molecule has 3 rings (SSSR count). The number of rotatable bonds is 6. The van der Waals surface area contributed by atoms with Crippen LogP contribution in [0.2, 0.25) is 0 Å². The van der Waals surface area contributed by atoms with Crippen molar-refractivity contribution >= 4 is 11.6 Å². The molecule has 0 aliphatic heterocycles. The molecule has 0 aliphatic rings. The van der Waals surface area contributed by atoms with E-state index in [9.17, 15) is 4.79 Å². The molecule has 1 amide bonds. The SMILES string of the molecule is CC(C)(C)c1cccc(OCC(=O)Nc2cnn(Cc3ccccc3)c2)c1. The van der Waals surface area contributed by atoms with Crippen molar-refractivity contribution in [2.45, 2.75) is 32.7 Å². The lowest BCUT2D eigenvalue weighted by Gasteiger charge is -2.19.